The second kappa shape index (κ2) is 7.72. The average Bonchev–Trinajstić information content (AvgIpc) is 2.47. The normalized spacial score (nSPS) is 12.0. The summed E-state index contributed by atoms with van der Waals surface area (Å²) in [6, 6.07) is 8.71. The van der Waals surface area contributed by atoms with E-state index in [1.54, 1.807) is 0 Å². The molecule has 1 unspecified atom stereocenters. The lowest BCUT2D eigenvalue weighted by Crippen LogP contribution is -2.31. The van der Waals surface area contributed by atoms with Gasteiger partial charge in [-0.15, -0.1) is 0 Å². The lowest BCUT2D eigenvalue weighted by Gasteiger charge is -2.13. The Morgan fingerprint density at radius 3 is 2.17 bits per heavy atom. The van der Waals surface area contributed by atoms with Crippen LogP contribution < -0.4 is 10.6 Å². The lowest BCUT2D eigenvalue weighted by atomic mass is 10.0. The van der Waals surface area contributed by atoms with Crippen LogP contribution in [0.2, 0.25) is 0 Å². The molecule has 1 atom stereocenters. The number of anilines is 1. The topological polar surface area (TPSA) is 66.9 Å². The SMILES string of the molecule is CC(=O)NC(C)Cc1ccc(-c2cnc(NC(C)C)nc2)cc1. The standard InChI is InChI=1S/C18H24N4O/c1-12(2)21-18-19-10-17(11-20-18)16-7-5-15(6-8-16)9-13(3)22-14(4)23/h5-8,10-13H,9H2,1-4H3,(H,22,23)(H,19,20,21). The molecule has 2 rings (SSSR count). The molecule has 1 heterocycles. The highest BCUT2D eigenvalue weighted by molar-refractivity contribution is 5.73. The van der Waals surface area contributed by atoms with Crippen LogP contribution >= 0.6 is 0 Å². The molecule has 122 valence electrons. The molecule has 0 aliphatic carbocycles. The van der Waals surface area contributed by atoms with Crippen molar-refractivity contribution < 1.29 is 4.79 Å². The molecule has 0 bridgehead atoms. The van der Waals surface area contributed by atoms with Crippen molar-refractivity contribution in [3.05, 3.63) is 42.2 Å². The molecule has 0 saturated carbocycles. The molecular weight excluding hydrogens is 288 g/mol. The molecule has 0 saturated heterocycles. The Morgan fingerprint density at radius 1 is 1.04 bits per heavy atom. The first-order valence-electron chi connectivity index (χ1n) is 7.89. The molecule has 0 spiro atoms. The van der Waals surface area contributed by atoms with Gasteiger partial charge in [-0.3, -0.25) is 4.79 Å². The van der Waals surface area contributed by atoms with Gasteiger partial charge in [-0.1, -0.05) is 24.3 Å². The van der Waals surface area contributed by atoms with E-state index < -0.39 is 0 Å². The van der Waals surface area contributed by atoms with Crippen molar-refractivity contribution in [2.45, 2.75) is 46.2 Å². The number of carbonyl (C=O) groups is 1. The Balaban J connectivity index is 2.03. The van der Waals surface area contributed by atoms with Crippen molar-refractivity contribution in [3.63, 3.8) is 0 Å². The van der Waals surface area contributed by atoms with Gasteiger partial charge >= 0.3 is 0 Å². The summed E-state index contributed by atoms with van der Waals surface area (Å²) < 4.78 is 0. The Kier molecular flexibility index (Phi) is 5.68. The van der Waals surface area contributed by atoms with Crippen LogP contribution in [0.15, 0.2) is 36.7 Å². The Hall–Kier alpha value is -2.43. The zero-order chi connectivity index (χ0) is 16.8. The fourth-order valence-electron chi connectivity index (χ4n) is 2.39. The number of amides is 1. The van der Waals surface area contributed by atoms with E-state index in [0.29, 0.717) is 12.0 Å². The summed E-state index contributed by atoms with van der Waals surface area (Å²) in [4.78, 5) is 19.7. The van der Waals surface area contributed by atoms with E-state index in [4.69, 9.17) is 0 Å². The zero-order valence-corrected chi connectivity index (χ0v) is 14.1. The predicted molar refractivity (Wildman–Crippen MR) is 93.2 cm³/mol. The molecule has 5 nitrogen and oxygen atoms in total. The van der Waals surface area contributed by atoms with Gasteiger partial charge in [0, 0.05) is 37.0 Å². The third-order valence-corrected chi connectivity index (χ3v) is 3.35. The minimum atomic E-state index is 0.00126. The van der Waals surface area contributed by atoms with Crippen molar-refractivity contribution in [2.24, 2.45) is 0 Å². The van der Waals surface area contributed by atoms with Gasteiger partial charge in [0.05, 0.1) is 0 Å². The number of rotatable bonds is 6. The predicted octanol–water partition coefficient (Wildman–Crippen LogP) is 3.03. The van der Waals surface area contributed by atoms with E-state index in [9.17, 15) is 4.79 Å². The van der Waals surface area contributed by atoms with E-state index in [2.05, 4.69) is 58.7 Å². The maximum Gasteiger partial charge on any atom is 0.222 e. The fourth-order valence-corrected chi connectivity index (χ4v) is 2.39. The summed E-state index contributed by atoms with van der Waals surface area (Å²) in [6.45, 7) is 7.65. The first-order valence-corrected chi connectivity index (χ1v) is 7.89. The maximum atomic E-state index is 11.0. The van der Waals surface area contributed by atoms with Gasteiger partial charge in [0.25, 0.3) is 0 Å². The van der Waals surface area contributed by atoms with Gasteiger partial charge in [0.1, 0.15) is 0 Å². The molecule has 0 aliphatic heterocycles. The molecule has 2 aromatic rings. The van der Waals surface area contributed by atoms with Crippen LogP contribution in [0.3, 0.4) is 0 Å². The van der Waals surface area contributed by atoms with Crippen LogP contribution in [0, 0.1) is 0 Å². The molecule has 1 amide bonds. The van der Waals surface area contributed by atoms with Gasteiger partial charge in [-0.2, -0.15) is 0 Å². The number of nitrogens with one attached hydrogen (secondary N) is 2. The maximum absolute atomic E-state index is 11.0. The van der Waals surface area contributed by atoms with Gasteiger partial charge in [0.15, 0.2) is 0 Å². The highest BCUT2D eigenvalue weighted by atomic mass is 16.1. The van der Waals surface area contributed by atoms with Crippen molar-refractivity contribution >= 4 is 11.9 Å². The highest BCUT2D eigenvalue weighted by Crippen LogP contribution is 2.19. The lowest BCUT2D eigenvalue weighted by molar-refractivity contribution is -0.119. The minimum Gasteiger partial charge on any atom is -0.354 e. The van der Waals surface area contributed by atoms with Crippen molar-refractivity contribution in [1.82, 2.24) is 15.3 Å². The fraction of sp³-hybridized carbons (Fsp3) is 0.389. The van der Waals surface area contributed by atoms with Gasteiger partial charge in [0.2, 0.25) is 11.9 Å². The Labute approximate surface area is 137 Å². The summed E-state index contributed by atoms with van der Waals surface area (Å²) in [7, 11) is 0. The Morgan fingerprint density at radius 2 is 1.65 bits per heavy atom. The summed E-state index contributed by atoms with van der Waals surface area (Å²) in [5.74, 6) is 0.644. The van der Waals surface area contributed by atoms with Crippen LogP contribution in [0.4, 0.5) is 5.95 Å². The van der Waals surface area contributed by atoms with Gasteiger partial charge in [-0.05, 0) is 38.3 Å². The van der Waals surface area contributed by atoms with E-state index in [1.807, 2.05) is 19.3 Å². The number of hydrogen-bond donors (Lipinski definition) is 2. The molecule has 5 heteroatoms. The summed E-state index contributed by atoms with van der Waals surface area (Å²) in [6.07, 6.45) is 4.47. The minimum absolute atomic E-state index is 0.00126. The van der Waals surface area contributed by atoms with Crippen molar-refractivity contribution in [2.75, 3.05) is 5.32 Å². The largest absolute Gasteiger partial charge is 0.354 e. The van der Waals surface area contributed by atoms with E-state index in [-0.39, 0.29) is 11.9 Å². The monoisotopic (exact) mass is 312 g/mol. The third kappa shape index (κ3) is 5.36. The average molecular weight is 312 g/mol. The highest BCUT2D eigenvalue weighted by Gasteiger charge is 2.06. The van der Waals surface area contributed by atoms with E-state index in [0.717, 1.165) is 17.5 Å². The molecule has 0 fully saturated rings. The molecule has 1 aromatic heterocycles. The summed E-state index contributed by atoms with van der Waals surface area (Å²) >= 11 is 0. The van der Waals surface area contributed by atoms with Crippen molar-refractivity contribution in [3.8, 4) is 11.1 Å². The number of hydrogen-bond acceptors (Lipinski definition) is 4. The summed E-state index contributed by atoms with van der Waals surface area (Å²) in [5.41, 5.74) is 3.26. The Bertz CT molecular complexity index is 635. The molecule has 1 aromatic carbocycles. The number of carbonyl (C=O) groups excluding carboxylic acids is 1. The van der Waals surface area contributed by atoms with Gasteiger partial charge < -0.3 is 10.6 Å². The van der Waals surface area contributed by atoms with Crippen molar-refractivity contribution in [1.29, 1.82) is 0 Å². The van der Waals surface area contributed by atoms with E-state index in [1.165, 1.54) is 12.5 Å². The second-order valence-electron chi connectivity index (χ2n) is 6.10. The number of benzene rings is 1. The smallest absolute Gasteiger partial charge is 0.222 e. The molecule has 23 heavy (non-hydrogen) atoms. The quantitative estimate of drug-likeness (QED) is 0.860. The zero-order valence-electron chi connectivity index (χ0n) is 14.1. The molecule has 2 N–H and O–H groups in total. The van der Waals surface area contributed by atoms with Gasteiger partial charge in [-0.25, -0.2) is 9.97 Å². The van der Waals surface area contributed by atoms with Crippen LogP contribution in [0.5, 0.6) is 0 Å². The summed E-state index contributed by atoms with van der Waals surface area (Å²) in [5, 5.41) is 6.07. The molecule has 0 aliphatic rings. The molecule has 0 radical (unpaired) electrons. The molecular formula is C18H24N4O. The van der Waals surface area contributed by atoms with E-state index >= 15 is 0 Å². The number of aromatic nitrogens is 2. The van der Waals surface area contributed by atoms with Crippen LogP contribution in [0.1, 0.15) is 33.3 Å². The van der Waals surface area contributed by atoms with Crippen LogP contribution in [0.25, 0.3) is 11.1 Å². The number of nitrogens with zero attached hydrogens (tertiary/aromatic N) is 2. The van der Waals surface area contributed by atoms with Crippen LogP contribution in [-0.2, 0) is 11.2 Å². The third-order valence-electron chi connectivity index (χ3n) is 3.35. The van der Waals surface area contributed by atoms with Crippen LogP contribution in [-0.4, -0.2) is 28.0 Å². The first-order chi connectivity index (χ1) is 10.9. The second-order valence-corrected chi connectivity index (χ2v) is 6.10. The first kappa shape index (κ1) is 16.9.